The number of nitrogens with one attached hydrogen (secondary N) is 2. The number of aliphatic hydroxyl groups is 1. The maximum absolute atomic E-state index is 9.81. The molecule has 0 bridgehead atoms. The van der Waals surface area contributed by atoms with Crippen LogP contribution >= 0.6 is 0 Å². The second kappa shape index (κ2) is 7.38. The minimum atomic E-state index is -0.477. The van der Waals surface area contributed by atoms with Crippen LogP contribution < -0.4 is 5.32 Å². The molecule has 2 rings (SSSR count). The van der Waals surface area contributed by atoms with Gasteiger partial charge in [-0.05, 0) is 11.5 Å². The summed E-state index contributed by atoms with van der Waals surface area (Å²) in [6.45, 7) is 6.46. The predicted octanol–water partition coefficient (Wildman–Crippen LogP) is 1.69. The molecule has 1 unspecified atom stereocenters. The molecule has 0 aliphatic heterocycles. The van der Waals surface area contributed by atoms with Crippen molar-refractivity contribution < 1.29 is 9.84 Å². The van der Waals surface area contributed by atoms with Crippen LogP contribution in [0.25, 0.3) is 10.9 Å². The Kier molecular flexibility index (Phi) is 5.52. The normalized spacial score (nSPS) is 13.2. The van der Waals surface area contributed by atoms with Gasteiger partial charge in [0.1, 0.15) is 0 Å². The number of ether oxygens (including phenoxy) is 1. The van der Waals surface area contributed by atoms with Crippen molar-refractivity contribution >= 4 is 10.9 Å². The number of aromatic nitrogens is 2. The third-order valence-corrected chi connectivity index (χ3v) is 3.02. The lowest BCUT2D eigenvalue weighted by Gasteiger charge is -2.13. The first-order valence-electron chi connectivity index (χ1n) is 7.04. The summed E-state index contributed by atoms with van der Waals surface area (Å²) in [4.78, 5) is 0. The number of hydrogen-bond acceptors (Lipinski definition) is 4. The lowest BCUT2D eigenvalue weighted by atomic mass is 10.1. The molecule has 5 nitrogen and oxygen atoms in total. The van der Waals surface area contributed by atoms with E-state index in [2.05, 4.69) is 35.4 Å². The predicted molar refractivity (Wildman–Crippen MR) is 79.5 cm³/mol. The van der Waals surface area contributed by atoms with E-state index in [4.69, 9.17) is 4.74 Å². The zero-order chi connectivity index (χ0) is 14.4. The van der Waals surface area contributed by atoms with Crippen LogP contribution in [-0.2, 0) is 11.3 Å². The highest BCUT2D eigenvalue weighted by atomic mass is 16.5. The Morgan fingerprint density at radius 3 is 3.00 bits per heavy atom. The molecule has 0 amide bonds. The maximum Gasteiger partial charge on any atom is 0.0897 e. The zero-order valence-corrected chi connectivity index (χ0v) is 12.1. The van der Waals surface area contributed by atoms with Crippen LogP contribution in [0.5, 0.6) is 0 Å². The number of aromatic amines is 1. The number of hydrogen-bond donors (Lipinski definition) is 3. The van der Waals surface area contributed by atoms with Gasteiger partial charge in [-0.3, -0.25) is 5.10 Å². The highest BCUT2D eigenvalue weighted by Gasteiger charge is 2.06. The highest BCUT2D eigenvalue weighted by molar-refractivity contribution is 5.81. The first kappa shape index (κ1) is 15.0. The van der Waals surface area contributed by atoms with Crippen molar-refractivity contribution in [3.63, 3.8) is 0 Å². The summed E-state index contributed by atoms with van der Waals surface area (Å²) in [5.74, 6) is 0.494. The molecule has 0 fully saturated rings. The molecule has 1 heterocycles. The molecular formula is C15H23N3O2. The van der Waals surface area contributed by atoms with Crippen LogP contribution in [0.15, 0.2) is 24.4 Å². The van der Waals surface area contributed by atoms with Gasteiger partial charge in [-0.2, -0.15) is 5.10 Å². The molecule has 0 radical (unpaired) electrons. The Hall–Kier alpha value is -1.43. The van der Waals surface area contributed by atoms with Crippen molar-refractivity contribution in [2.45, 2.75) is 26.5 Å². The average Bonchev–Trinajstić information content (AvgIpc) is 2.87. The second-order valence-electron chi connectivity index (χ2n) is 5.47. The molecule has 2 aromatic rings. The molecule has 20 heavy (non-hydrogen) atoms. The monoisotopic (exact) mass is 277 g/mol. The van der Waals surface area contributed by atoms with Gasteiger partial charge in [0.2, 0.25) is 0 Å². The number of benzene rings is 1. The summed E-state index contributed by atoms with van der Waals surface area (Å²) >= 11 is 0. The summed E-state index contributed by atoms with van der Waals surface area (Å²) in [5, 5.41) is 21.2. The summed E-state index contributed by atoms with van der Waals surface area (Å²) in [6, 6.07) is 6.09. The van der Waals surface area contributed by atoms with Crippen molar-refractivity contribution in [3.8, 4) is 0 Å². The van der Waals surface area contributed by atoms with E-state index in [1.165, 1.54) is 0 Å². The minimum Gasteiger partial charge on any atom is -0.389 e. The van der Waals surface area contributed by atoms with Gasteiger partial charge in [-0.25, -0.2) is 0 Å². The SMILES string of the molecule is CC(C)COCC(O)CNCc1cccc2cn[nH]c12. The molecule has 1 atom stereocenters. The van der Waals surface area contributed by atoms with E-state index < -0.39 is 6.10 Å². The van der Waals surface area contributed by atoms with E-state index in [1.54, 1.807) is 0 Å². The second-order valence-corrected chi connectivity index (χ2v) is 5.47. The third-order valence-electron chi connectivity index (χ3n) is 3.02. The van der Waals surface area contributed by atoms with Gasteiger partial charge < -0.3 is 15.2 Å². The van der Waals surface area contributed by atoms with Crippen LogP contribution in [0, 0.1) is 5.92 Å². The van der Waals surface area contributed by atoms with E-state index in [-0.39, 0.29) is 0 Å². The molecule has 110 valence electrons. The molecule has 3 N–H and O–H groups in total. The number of para-hydroxylation sites is 1. The van der Waals surface area contributed by atoms with Gasteiger partial charge >= 0.3 is 0 Å². The zero-order valence-electron chi connectivity index (χ0n) is 12.1. The smallest absolute Gasteiger partial charge is 0.0897 e. The van der Waals surface area contributed by atoms with Gasteiger partial charge in [0.05, 0.1) is 24.4 Å². The Morgan fingerprint density at radius 1 is 1.35 bits per heavy atom. The van der Waals surface area contributed by atoms with Gasteiger partial charge in [-0.15, -0.1) is 0 Å². The molecule has 1 aromatic heterocycles. The highest BCUT2D eigenvalue weighted by Crippen LogP contribution is 2.15. The van der Waals surface area contributed by atoms with E-state index in [9.17, 15) is 5.11 Å². The van der Waals surface area contributed by atoms with Crippen LogP contribution in [0.1, 0.15) is 19.4 Å². The summed E-state index contributed by atoms with van der Waals surface area (Å²) in [5.41, 5.74) is 2.20. The van der Waals surface area contributed by atoms with E-state index >= 15 is 0 Å². The van der Waals surface area contributed by atoms with Crippen LogP contribution in [-0.4, -0.2) is 41.2 Å². The lowest BCUT2D eigenvalue weighted by Crippen LogP contribution is -2.30. The van der Waals surface area contributed by atoms with Gasteiger partial charge in [0, 0.05) is 25.1 Å². The van der Waals surface area contributed by atoms with Crippen molar-refractivity contribution in [2.24, 2.45) is 5.92 Å². The Morgan fingerprint density at radius 2 is 2.20 bits per heavy atom. The fourth-order valence-corrected chi connectivity index (χ4v) is 2.05. The van der Waals surface area contributed by atoms with Gasteiger partial charge in [0.25, 0.3) is 0 Å². The topological polar surface area (TPSA) is 70.2 Å². The number of rotatable bonds is 8. The Balaban J connectivity index is 1.74. The molecule has 0 aliphatic carbocycles. The maximum atomic E-state index is 9.81. The van der Waals surface area contributed by atoms with Crippen LogP contribution in [0.3, 0.4) is 0 Å². The summed E-state index contributed by atoms with van der Waals surface area (Å²) < 4.78 is 5.41. The van der Waals surface area contributed by atoms with E-state index in [1.807, 2.05) is 18.3 Å². The molecule has 0 spiro atoms. The lowest BCUT2D eigenvalue weighted by molar-refractivity contribution is 0.0260. The number of aliphatic hydroxyl groups excluding tert-OH is 1. The molecular weight excluding hydrogens is 254 g/mol. The molecule has 0 saturated heterocycles. The first-order chi connectivity index (χ1) is 9.66. The Bertz CT molecular complexity index is 525. The fraction of sp³-hybridized carbons (Fsp3) is 0.533. The number of fused-ring (bicyclic) bond motifs is 1. The van der Waals surface area contributed by atoms with E-state index in [0.717, 1.165) is 16.5 Å². The van der Waals surface area contributed by atoms with Gasteiger partial charge in [-0.1, -0.05) is 32.0 Å². The standard InChI is InChI=1S/C15H23N3O2/c1-11(2)9-20-10-14(19)8-16-6-12-4-3-5-13-7-17-18-15(12)13/h3-5,7,11,14,16,19H,6,8-10H2,1-2H3,(H,17,18). The molecule has 0 saturated carbocycles. The third kappa shape index (κ3) is 4.30. The molecule has 1 aromatic carbocycles. The number of H-pyrrole nitrogens is 1. The van der Waals surface area contributed by atoms with Crippen LogP contribution in [0.2, 0.25) is 0 Å². The largest absolute Gasteiger partial charge is 0.389 e. The Labute approximate surface area is 119 Å². The average molecular weight is 277 g/mol. The summed E-state index contributed by atoms with van der Waals surface area (Å²) in [7, 11) is 0. The van der Waals surface area contributed by atoms with Crippen molar-refractivity contribution in [1.82, 2.24) is 15.5 Å². The van der Waals surface area contributed by atoms with E-state index in [0.29, 0.717) is 32.2 Å². The quantitative estimate of drug-likeness (QED) is 0.686. The van der Waals surface area contributed by atoms with Crippen molar-refractivity contribution in [1.29, 1.82) is 0 Å². The number of nitrogens with zero attached hydrogens (tertiary/aromatic N) is 1. The minimum absolute atomic E-state index is 0.374. The molecule has 0 aliphatic rings. The summed E-state index contributed by atoms with van der Waals surface area (Å²) in [6.07, 6.45) is 1.34. The first-order valence-corrected chi connectivity index (χ1v) is 7.04. The molecule has 5 heteroatoms. The van der Waals surface area contributed by atoms with Crippen molar-refractivity contribution in [2.75, 3.05) is 19.8 Å². The van der Waals surface area contributed by atoms with Crippen molar-refractivity contribution in [3.05, 3.63) is 30.0 Å². The van der Waals surface area contributed by atoms with Gasteiger partial charge in [0.15, 0.2) is 0 Å². The van der Waals surface area contributed by atoms with Crippen LogP contribution in [0.4, 0.5) is 0 Å². The fourth-order valence-electron chi connectivity index (χ4n) is 2.05.